The van der Waals surface area contributed by atoms with E-state index in [9.17, 15) is 4.79 Å². The van der Waals surface area contributed by atoms with Gasteiger partial charge in [0.2, 0.25) is 5.91 Å². The minimum atomic E-state index is -0.245. The van der Waals surface area contributed by atoms with Crippen LogP contribution in [-0.2, 0) is 17.9 Å². The summed E-state index contributed by atoms with van der Waals surface area (Å²) in [5, 5.41) is 13.4. The molecule has 0 unspecified atom stereocenters. The summed E-state index contributed by atoms with van der Waals surface area (Å²) in [5.74, 6) is 0.857. The summed E-state index contributed by atoms with van der Waals surface area (Å²) in [6.45, 7) is 4.33. The van der Waals surface area contributed by atoms with Crippen LogP contribution in [0.3, 0.4) is 0 Å². The maximum absolute atomic E-state index is 12.3. The van der Waals surface area contributed by atoms with Gasteiger partial charge in [-0.05, 0) is 30.3 Å². The molecule has 0 saturated heterocycles. The van der Waals surface area contributed by atoms with Gasteiger partial charge in [0, 0.05) is 22.7 Å². The lowest BCUT2D eigenvalue weighted by Crippen LogP contribution is -2.15. The monoisotopic (exact) mass is 516 g/mol. The summed E-state index contributed by atoms with van der Waals surface area (Å²) in [6.07, 6.45) is 1.71. The molecule has 1 heterocycles. The molecule has 0 aliphatic heterocycles. The highest BCUT2D eigenvalue weighted by Gasteiger charge is 2.15. The molecular formula is C20H16Cl4N4O2S. The van der Waals surface area contributed by atoms with E-state index in [1.165, 1.54) is 11.8 Å². The standard InChI is InChI=1S/C20H16Cl4N4O2S/c1-2-7-28-18(10-30-17-9-13(22)3-5-14(17)23)26-27-20(28)31-11-19(29)25-16-6-4-12(21)8-15(16)24/h2-6,8-9H,1,7,10-11H2,(H,25,29). The molecule has 0 aliphatic carbocycles. The number of carbonyl (C=O) groups excluding carboxylic acids is 1. The molecule has 0 bridgehead atoms. The zero-order chi connectivity index (χ0) is 22.4. The van der Waals surface area contributed by atoms with E-state index in [1.807, 2.05) is 0 Å². The van der Waals surface area contributed by atoms with Crippen molar-refractivity contribution in [3.63, 3.8) is 0 Å². The maximum Gasteiger partial charge on any atom is 0.234 e. The third kappa shape index (κ3) is 6.54. The number of amides is 1. The molecule has 1 amide bonds. The number of hydrogen-bond acceptors (Lipinski definition) is 5. The summed E-state index contributed by atoms with van der Waals surface area (Å²) < 4.78 is 7.55. The molecule has 0 fully saturated rings. The van der Waals surface area contributed by atoms with Gasteiger partial charge in [-0.25, -0.2) is 0 Å². The Morgan fingerprint density at radius 2 is 1.84 bits per heavy atom. The minimum Gasteiger partial charge on any atom is -0.484 e. The highest BCUT2D eigenvalue weighted by atomic mass is 35.5. The highest BCUT2D eigenvalue weighted by Crippen LogP contribution is 2.29. The van der Waals surface area contributed by atoms with Crippen LogP contribution in [0.1, 0.15) is 5.82 Å². The molecule has 2 aromatic carbocycles. The Kier molecular flexibility index (Phi) is 8.51. The van der Waals surface area contributed by atoms with E-state index in [0.29, 0.717) is 49.1 Å². The molecule has 0 spiro atoms. The number of anilines is 1. The van der Waals surface area contributed by atoms with Crippen LogP contribution in [-0.4, -0.2) is 26.4 Å². The fourth-order valence-corrected chi connectivity index (χ4v) is 4.04. The van der Waals surface area contributed by atoms with Crippen LogP contribution < -0.4 is 10.1 Å². The lowest BCUT2D eigenvalue weighted by atomic mass is 10.3. The van der Waals surface area contributed by atoms with E-state index in [4.69, 9.17) is 51.1 Å². The number of nitrogens with one attached hydrogen (secondary N) is 1. The Morgan fingerprint density at radius 3 is 2.58 bits per heavy atom. The Balaban J connectivity index is 1.64. The van der Waals surface area contributed by atoms with Crippen molar-refractivity contribution in [2.24, 2.45) is 0 Å². The van der Waals surface area contributed by atoms with Crippen LogP contribution >= 0.6 is 58.2 Å². The molecule has 6 nitrogen and oxygen atoms in total. The van der Waals surface area contributed by atoms with E-state index in [-0.39, 0.29) is 18.3 Å². The molecule has 0 aliphatic rings. The average Bonchev–Trinajstić information content (AvgIpc) is 3.11. The first-order valence-electron chi connectivity index (χ1n) is 8.86. The summed E-state index contributed by atoms with van der Waals surface area (Å²) in [7, 11) is 0. The van der Waals surface area contributed by atoms with Gasteiger partial charge in [0.15, 0.2) is 11.0 Å². The predicted octanol–water partition coefficient (Wildman–Crippen LogP) is 6.39. The van der Waals surface area contributed by atoms with Gasteiger partial charge in [0.05, 0.1) is 21.5 Å². The van der Waals surface area contributed by atoms with Crippen molar-refractivity contribution in [2.75, 3.05) is 11.1 Å². The van der Waals surface area contributed by atoms with Crippen molar-refractivity contribution >= 4 is 69.8 Å². The number of aromatic nitrogens is 3. The van der Waals surface area contributed by atoms with Crippen molar-refractivity contribution in [1.82, 2.24) is 14.8 Å². The first kappa shape index (κ1) is 23.8. The molecule has 0 saturated carbocycles. The van der Waals surface area contributed by atoms with Crippen LogP contribution in [0.4, 0.5) is 5.69 Å². The van der Waals surface area contributed by atoms with E-state index >= 15 is 0 Å². The second kappa shape index (κ2) is 11.1. The molecule has 0 radical (unpaired) electrons. The van der Waals surface area contributed by atoms with Crippen molar-refractivity contribution in [3.8, 4) is 5.75 Å². The number of rotatable bonds is 9. The number of carbonyl (C=O) groups is 1. The minimum absolute atomic E-state index is 0.106. The molecule has 31 heavy (non-hydrogen) atoms. The van der Waals surface area contributed by atoms with E-state index in [2.05, 4.69) is 22.1 Å². The van der Waals surface area contributed by atoms with Crippen LogP contribution in [0.5, 0.6) is 5.75 Å². The van der Waals surface area contributed by atoms with Crippen molar-refractivity contribution in [1.29, 1.82) is 0 Å². The third-order valence-electron chi connectivity index (χ3n) is 3.89. The molecule has 0 atom stereocenters. The van der Waals surface area contributed by atoms with Gasteiger partial charge in [-0.3, -0.25) is 9.36 Å². The maximum atomic E-state index is 12.3. The Bertz CT molecular complexity index is 1110. The number of hydrogen-bond donors (Lipinski definition) is 1. The molecule has 3 aromatic rings. The predicted molar refractivity (Wildman–Crippen MR) is 127 cm³/mol. The topological polar surface area (TPSA) is 69.0 Å². The molecule has 11 heteroatoms. The van der Waals surface area contributed by atoms with Crippen LogP contribution in [0.25, 0.3) is 0 Å². The highest BCUT2D eigenvalue weighted by molar-refractivity contribution is 7.99. The normalized spacial score (nSPS) is 10.7. The molecule has 162 valence electrons. The summed E-state index contributed by atoms with van der Waals surface area (Å²) in [5.41, 5.74) is 0.483. The smallest absolute Gasteiger partial charge is 0.234 e. The summed E-state index contributed by atoms with van der Waals surface area (Å²) in [6, 6.07) is 9.80. The molecular weight excluding hydrogens is 502 g/mol. The van der Waals surface area contributed by atoms with Crippen molar-refractivity contribution in [2.45, 2.75) is 18.3 Å². The van der Waals surface area contributed by atoms with Gasteiger partial charge in [-0.2, -0.15) is 0 Å². The van der Waals surface area contributed by atoms with Gasteiger partial charge < -0.3 is 10.1 Å². The number of benzene rings is 2. The second-order valence-electron chi connectivity index (χ2n) is 6.12. The lowest BCUT2D eigenvalue weighted by Gasteiger charge is -2.10. The molecule has 3 rings (SSSR count). The number of ether oxygens (including phenoxy) is 1. The van der Waals surface area contributed by atoms with Crippen LogP contribution in [0.2, 0.25) is 20.1 Å². The van der Waals surface area contributed by atoms with Gasteiger partial charge in [-0.1, -0.05) is 64.2 Å². The number of allylic oxidation sites excluding steroid dienone is 1. The Labute approximate surface area is 203 Å². The van der Waals surface area contributed by atoms with Crippen LogP contribution in [0.15, 0.2) is 54.2 Å². The van der Waals surface area contributed by atoms with Gasteiger partial charge in [0.25, 0.3) is 0 Å². The molecule has 1 aromatic heterocycles. The van der Waals surface area contributed by atoms with E-state index in [0.717, 1.165) is 0 Å². The van der Waals surface area contributed by atoms with Gasteiger partial charge in [-0.15, -0.1) is 16.8 Å². The fourth-order valence-electron chi connectivity index (χ4n) is 2.48. The number of thioether (sulfide) groups is 1. The zero-order valence-electron chi connectivity index (χ0n) is 15.9. The molecule has 1 N–H and O–H groups in total. The van der Waals surface area contributed by atoms with E-state index in [1.54, 1.807) is 47.0 Å². The van der Waals surface area contributed by atoms with Gasteiger partial charge >= 0.3 is 0 Å². The second-order valence-corrected chi connectivity index (χ2v) is 8.75. The first-order valence-corrected chi connectivity index (χ1v) is 11.4. The quantitative estimate of drug-likeness (QED) is 0.263. The van der Waals surface area contributed by atoms with E-state index < -0.39 is 0 Å². The zero-order valence-corrected chi connectivity index (χ0v) is 19.8. The summed E-state index contributed by atoms with van der Waals surface area (Å²) >= 11 is 25.3. The summed E-state index contributed by atoms with van der Waals surface area (Å²) in [4.78, 5) is 12.3. The number of halogens is 4. The largest absolute Gasteiger partial charge is 0.484 e. The van der Waals surface area contributed by atoms with Gasteiger partial charge in [0.1, 0.15) is 12.4 Å². The average molecular weight is 518 g/mol. The SMILES string of the molecule is C=CCn1c(COc2cc(Cl)ccc2Cl)nnc1SCC(=O)Nc1ccc(Cl)cc1Cl. The Morgan fingerprint density at radius 1 is 1.10 bits per heavy atom. The number of nitrogens with zero attached hydrogens (tertiary/aromatic N) is 3. The van der Waals surface area contributed by atoms with Crippen molar-refractivity contribution < 1.29 is 9.53 Å². The lowest BCUT2D eigenvalue weighted by molar-refractivity contribution is -0.113. The van der Waals surface area contributed by atoms with Crippen LogP contribution in [0, 0.1) is 0 Å². The Hall–Kier alpha value is -1.90. The first-order chi connectivity index (χ1) is 14.9. The fraction of sp³-hybridized carbons (Fsp3) is 0.150. The van der Waals surface area contributed by atoms with Crippen molar-refractivity contribution in [3.05, 3.63) is 75.0 Å². The third-order valence-corrected chi connectivity index (χ3v) is 5.95.